The molecule has 4 rings (SSSR count). The van der Waals surface area contributed by atoms with Gasteiger partial charge in [-0.15, -0.1) is 11.3 Å². The van der Waals surface area contributed by atoms with Crippen LogP contribution in [0.25, 0.3) is 22.0 Å². The van der Waals surface area contributed by atoms with Gasteiger partial charge in [0.15, 0.2) is 11.2 Å². The normalized spacial score (nSPS) is 11.9. The summed E-state index contributed by atoms with van der Waals surface area (Å²) in [4.78, 5) is 17.0. The van der Waals surface area contributed by atoms with Crippen molar-refractivity contribution in [2.75, 3.05) is 5.32 Å². The number of carbonyl (C=O) groups excluding carboxylic acids is 1. The van der Waals surface area contributed by atoms with Gasteiger partial charge in [0.05, 0.1) is 5.69 Å². The fraction of sp³-hybridized carbons (Fsp3) is 0.0909. The first-order chi connectivity index (χ1) is 13.6. The van der Waals surface area contributed by atoms with Gasteiger partial charge in [-0.2, -0.15) is 0 Å². The molecule has 1 unspecified atom stereocenters. The molecular formula is C22H17BrN2O2S. The highest BCUT2D eigenvalue weighted by atomic mass is 79.9. The molecule has 0 fully saturated rings. The third-order valence-corrected chi connectivity index (χ3v) is 5.56. The number of thiazole rings is 1. The van der Waals surface area contributed by atoms with Crippen molar-refractivity contribution >= 4 is 49.1 Å². The lowest BCUT2D eigenvalue weighted by Crippen LogP contribution is -2.30. The molecule has 0 saturated carbocycles. The Labute approximate surface area is 175 Å². The minimum atomic E-state index is -0.630. The highest BCUT2D eigenvalue weighted by Crippen LogP contribution is 2.28. The summed E-state index contributed by atoms with van der Waals surface area (Å²) in [5, 5.41) is 7.69. The van der Waals surface area contributed by atoms with Crippen LogP contribution in [-0.2, 0) is 4.79 Å². The van der Waals surface area contributed by atoms with E-state index in [4.69, 9.17) is 4.74 Å². The molecule has 0 saturated heterocycles. The van der Waals surface area contributed by atoms with Crippen LogP contribution in [-0.4, -0.2) is 17.0 Å². The van der Waals surface area contributed by atoms with Crippen molar-refractivity contribution in [2.45, 2.75) is 13.0 Å². The number of nitrogens with zero attached hydrogens (tertiary/aromatic N) is 1. The summed E-state index contributed by atoms with van der Waals surface area (Å²) in [6.45, 7) is 1.72. The lowest BCUT2D eigenvalue weighted by Gasteiger charge is -2.13. The molecule has 3 aromatic carbocycles. The zero-order valence-corrected chi connectivity index (χ0v) is 17.5. The van der Waals surface area contributed by atoms with Crippen molar-refractivity contribution in [3.8, 4) is 17.0 Å². The first-order valence-corrected chi connectivity index (χ1v) is 10.4. The number of nitrogens with one attached hydrogen (secondary N) is 1. The fourth-order valence-corrected chi connectivity index (χ4v) is 3.78. The number of halogens is 1. The number of hydrogen-bond acceptors (Lipinski definition) is 4. The summed E-state index contributed by atoms with van der Waals surface area (Å²) in [5.74, 6) is 0.407. The molecule has 0 aliphatic rings. The lowest BCUT2D eigenvalue weighted by molar-refractivity contribution is -0.122. The average Bonchev–Trinajstić information content (AvgIpc) is 3.17. The van der Waals surface area contributed by atoms with Crippen molar-refractivity contribution < 1.29 is 9.53 Å². The molecule has 1 atom stereocenters. The molecule has 0 spiro atoms. The van der Waals surface area contributed by atoms with E-state index in [1.54, 1.807) is 6.92 Å². The second-order valence-electron chi connectivity index (χ2n) is 6.30. The molecule has 0 radical (unpaired) electrons. The molecule has 6 heteroatoms. The maximum absolute atomic E-state index is 12.4. The minimum absolute atomic E-state index is 0.234. The lowest BCUT2D eigenvalue weighted by atomic mass is 10.1. The fourth-order valence-electron chi connectivity index (χ4n) is 2.79. The Balaban J connectivity index is 1.44. The van der Waals surface area contributed by atoms with Gasteiger partial charge >= 0.3 is 0 Å². The van der Waals surface area contributed by atoms with Crippen LogP contribution in [0.1, 0.15) is 6.92 Å². The molecule has 1 amide bonds. The van der Waals surface area contributed by atoms with Crippen LogP contribution in [0.5, 0.6) is 5.75 Å². The van der Waals surface area contributed by atoms with Crippen LogP contribution >= 0.6 is 27.3 Å². The van der Waals surface area contributed by atoms with Gasteiger partial charge in [-0.25, -0.2) is 4.98 Å². The van der Waals surface area contributed by atoms with E-state index in [2.05, 4.69) is 50.5 Å². The molecule has 140 valence electrons. The van der Waals surface area contributed by atoms with E-state index in [1.807, 2.05) is 47.8 Å². The number of amides is 1. The summed E-state index contributed by atoms with van der Waals surface area (Å²) >= 11 is 4.78. The van der Waals surface area contributed by atoms with Gasteiger partial charge in [0.1, 0.15) is 5.75 Å². The van der Waals surface area contributed by atoms with Crippen LogP contribution in [0, 0.1) is 0 Å². The van der Waals surface area contributed by atoms with E-state index in [-0.39, 0.29) is 5.91 Å². The molecule has 1 heterocycles. The quantitative estimate of drug-likeness (QED) is 0.396. The monoisotopic (exact) mass is 452 g/mol. The molecule has 0 aliphatic carbocycles. The number of rotatable bonds is 5. The summed E-state index contributed by atoms with van der Waals surface area (Å²) in [7, 11) is 0. The molecule has 28 heavy (non-hydrogen) atoms. The first-order valence-electron chi connectivity index (χ1n) is 8.76. The maximum atomic E-state index is 12.4. The molecular weight excluding hydrogens is 436 g/mol. The molecule has 4 aromatic rings. The summed E-state index contributed by atoms with van der Waals surface area (Å²) in [6.07, 6.45) is -0.630. The van der Waals surface area contributed by atoms with Crippen LogP contribution in [0.2, 0.25) is 0 Å². The van der Waals surface area contributed by atoms with Gasteiger partial charge in [0.25, 0.3) is 5.91 Å². The third kappa shape index (κ3) is 4.24. The number of fused-ring (bicyclic) bond motifs is 1. The number of anilines is 1. The van der Waals surface area contributed by atoms with Gasteiger partial charge in [-0.3, -0.25) is 10.1 Å². The van der Waals surface area contributed by atoms with E-state index in [0.717, 1.165) is 21.1 Å². The maximum Gasteiger partial charge on any atom is 0.266 e. The number of ether oxygens (including phenoxy) is 1. The predicted molar refractivity (Wildman–Crippen MR) is 118 cm³/mol. The zero-order chi connectivity index (χ0) is 19.5. The second-order valence-corrected chi connectivity index (χ2v) is 8.08. The smallest absolute Gasteiger partial charge is 0.266 e. The number of aromatic nitrogens is 1. The Bertz CT molecular complexity index is 1120. The van der Waals surface area contributed by atoms with E-state index < -0.39 is 6.10 Å². The Hall–Kier alpha value is -2.70. The first kappa shape index (κ1) is 18.7. The van der Waals surface area contributed by atoms with E-state index >= 15 is 0 Å². The number of carbonyl (C=O) groups is 1. The van der Waals surface area contributed by atoms with Gasteiger partial charge in [-0.05, 0) is 48.0 Å². The van der Waals surface area contributed by atoms with Gasteiger partial charge < -0.3 is 4.74 Å². The van der Waals surface area contributed by atoms with Crippen molar-refractivity contribution in [2.24, 2.45) is 0 Å². The highest BCUT2D eigenvalue weighted by molar-refractivity contribution is 9.10. The third-order valence-electron chi connectivity index (χ3n) is 4.28. The summed E-state index contributed by atoms with van der Waals surface area (Å²) in [5.41, 5.74) is 1.86. The van der Waals surface area contributed by atoms with Crippen molar-refractivity contribution in [1.29, 1.82) is 0 Å². The van der Waals surface area contributed by atoms with Crippen LogP contribution < -0.4 is 10.1 Å². The summed E-state index contributed by atoms with van der Waals surface area (Å²) in [6, 6.07) is 21.8. The zero-order valence-electron chi connectivity index (χ0n) is 15.1. The topological polar surface area (TPSA) is 51.2 Å². The Morgan fingerprint density at radius 3 is 2.61 bits per heavy atom. The average molecular weight is 453 g/mol. The van der Waals surface area contributed by atoms with Crippen LogP contribution in [0.15, 0.2) is 76.6 Å². The minimum Gasteiger partial charge on any atom is -0.481 e. The molecule has 0 bridgehead atoms. The second kappa shape index (κ2) is 8.12. The molecule has 4 nitrogen and oxygen atoms in total. The highest BCUT2D eigenvalue weighted by Gasteiger charge is 2.17. The Morgan fingerprint density at radius 2 is 1.82 bits per heavy atom. The van der Waals surface area contributed by atoms with Crippen LogP contribution in [0.4, 0.5) is 5.13 Å². The van der Waals surface area contributed by atoms with E-state index in [1.165, 1.54) is 16.7 Å². The molecule has 1 N–H and O–H groups in total. The van der Waals surface area contributed by atoms with Crippen molar-refractivity contribution in [3.05, 3.63) is 76.6 Å². The van der Waals surface area contributed by atoms with Crippen LogP contribution in [0.3, 0.4) is 0 Å². The standard InChI is InChI=1S/C22H17BrN2O2S/c1-14(27-19-10-8-18(23)9-11-19)21(26)25-22-24-20(13-28-22)17-7-6-15-4-2-3-5-16(15)12-17/h2-14H,1H3,(H,24,25,26). The molecule has 0 aliphatic heterocycles. The largest absolute Gasteiger partial charge is 0.481 e. The van der Waals surface area contributed by atoms with Gasteiger partial charge in [0, 0.05) is 15.4 Å². The van der Waals surface area contributed by atoms with Gasteiger partial charge in [0.2, 0.25) is 0 Å². The predicted octanol–water partition coefficient (Wildman–Crippen LogP) is 6.13. The molecule has 1 aromatic heterocycles. The van der Waals surface area contributed by atoms with Gasteiger partial charge in [-0.1, -0.05) is 52.3 Å². The van der Waals surface area contributed by atoms with E-state index in [0.29, 0.717) is 10.9 Å². The van der Waals surface area contributed by atoms with Crippen molar-refractivity contribution in [3.63, 3.8) is 0 Å². The number of hydrogen-bond donors (Lipinski definition) is 1. The summed E-state index contributed by atoms with van der Waals surface area (Å²) < 4.78 is 6.65. The van der Waals surface area contributed by atoms with Crippen molar-refractivity contribution in [1.82, 2.24) is 4.98 Å². The SMILES string of the molecule is CC(Oc1ccc(Br)cc1)C(=O)Nc1nc(-c2ccc3ccccc3c2)cs1. The van der Waals surface area contributed by atoms with E-state index in [9.17, 15) is 4.79 Å². The Kier molecular flexibility index (Phi) is 5.41. The Morgan fingerprint density at radius 1 is 1.07 bits per heavy atom. The number of benzene rings is 3.